The van der Waals surface area contributed by atoms with Gasteiger partial charge in [-0.25, -0.2) is 12.8 Å². The minimum Gasteiger partial charge on any atom is -0.243 e. The van der Waals surface area contributed by atoms with Gasteiger partial charge in [0.1, 0.15) is 5.67 Å². The molecule has 1 fully saturated rings. The Kier molecular flexibility index (Phi) is 2.47. The Morgan fingerprint density at radius 3 is 2.58 bits per heavy atom. The molecule has 2 nitrogen and oxygen atoms in total. The smallest absolute Gasteiger partial charge is 0.153 e. The molecule has 2 atom stereocenters. The third-order valence-electron chi connectivity index (χ3n) is 2.62. The molecule has 0 bridgehead atoms. The molecule has 1 aliphatic heterocycles. The highest BCUT2D eigenvalue weighted by molar-refractivity contribution is 7.91. The fourth-order valence-corrected chi connectivity index (χ4v) is 3.76. The van der Waals surface area contributed by atoms with E-state index in [0.29, 0.717) is 6.42 Å². The summed E-state index contributed by atoms with van der Waals surface area (Å²) in [5.41, 5.74) is -1.51. The number of rotatable bonds is 1. The second-order valence-electron chi connectivity index (χ2n) is 3.76. The van der Waals surface area contributed by atoms with Crippen LogP contribution < -0.4 is 0 Å². The molecule has 0 amide bonds. The Morgan fingerprint density at radius 2 is 2.17 bits per heavy atom. The summed E-state index contributed by atoms with van der Waals surface area (Å²) in [7, 11) is -3.11. The molecule has 1 aliphatic rings. The molecule has 1 heterocycles. The van der Waals surface area contributed by atoms with E-state index < -0.39 is 15.5 Å². The lowest BCUT2D eigenvalue weighted by Crippen LogP contribution is -2.43. The zero-order chi connectivity index (χ0) is 9.41. The van der Waals surface area contributed by atoms with Gasteiger partial charge >= 0.3 is 0 Å². The third-order valence-corrected chi connectivity index (χ3v) is 4.49. The topological polar surface area (TPSA) is 34.1 Å². The van der Waals surface area contributed by atoms with Gasteiger partial charge in [0.05, 0.1) is 11.5 Å². The molecule has 0 aliphatic carbocycles. The molecule has 72 valence electrons. The fourth-order valence-electron chi connectivity index (χ4n) is 1.87. The van der Waals surface area contributed by atoms with Gasteiger partial charge in [0, 0.05) is 0 Å². The second-order valence-corrected chi connectivity index (χ2v) is 5.95. The maximum absolute atomic E-state index is 13.7. The van der Waals surface area contributed by atoms with E-state index in [1.165, 1.54) is 6.92 Å². The molecule has 1 saturated heterocycles. The lowest BCUT2D eigenvalue weighted by atomic mass is 9.87. The SMILES string of the molecule is CCC1CCS(=O)(=O)CC1(C)F. The van der Waals surface area contributed by atoms with Crippen LogP contribution in [-0.2, 0) is 9.84 Å². The van der Waals surface area contributed by atoms with Gasteiger partial charge in [-0.2, -0.15) is 0 Å². The summed E-state index contributed by atoms with van der Waals surface area (Å²) in [4.78, 5) is 0. The lowest BCUT2D eigenvalue weighted by Gasteiger charge is -2.33. The van der Waals surface area contributed by atoms with Crippen LogP contribution in [0.2, 0.25) is 0 Å². The minimum atomic E-state index is -3.11. The molecular weight excluding hydrogens is 179 g/mol. The zero-order valence-corrected chi connectivity index (χ0v) is 8.32. The van der Waals surface area contributed by atoms with Gasteiger partial charge < -0.3 is 0 Å². The largest absolute Gasteiger partial charge is 0.243 e. The van der Waals surface area contributed by atoms with Crippen LogP contribution >= 0.6 is 0 Å². The van der Waals surface area contributed by atoms with E-state index in [9.17, 15) is 12.8 Å². The fraction of sp³-hybridized carbons (Fsp3) is 1.00. The van der Waals surface area contributed by atoms with Crippen LogP contribution in [-0.4, -0.2) is 25.6 Å². The van der Waals surface area contributed by atoms with Crippen molar-refractivity contribution >= 4 is 9.84 Å². The summed E-state index contributed by atoms with van der Waals surface area (Å²) in [6.45, 7) is 3.30. The average Bonchev–Trinajstić information content (AvgIpc) is 1.83. The van der Waals surface area contributed by atoms with E-state index in [0.717, 1.165) is 6.42 Å². The number of alkyl halides is 1. The van der Waals surface area contributed by atoms with Crippen molar-refractivity contribution in [2.75, 3.05) is 11.5 Å². The predicted molar refractivity (Wildman–Crippen MR) is 46.6 cm³/mol. The van der Waals surface area contributed by atoms with Gasteiger partial charge in [0.25, 0.3) is 0 Å². The Hall–Kier alpha value is -0.120. The molecule has 2 unspecified atom stereocenters. The molecule has 12 heavy (non-hydrogen) atoms. The van der Waals surface area contributed by atoms with Crippen molar-refractivity contribution in [1.29, 1.82) is 0 Å². The summed E-state index contributed by atoms with van der Waals surface area (Å²) in [5, 5.41) is 0. The Balaban J connectivity index is 2.81. The molecule has 0 aromatic rings. The van der Waals surface area contributed by atoms with Crippen LogP contribution in [0.25, 0.3) is 0 Å². The molecule has 0 aromatic carbocycles. The van der Waals surface area contributed by atoms with Crippen molar-refractivity contribution in [3.05, 3.63) is 0 Å². The highest BCUT2D eigenvalue weighted by Gasteiger charge is 2.41. The first kappa shape index (κ1) is 9.96. The normalized spacial score (nSPS) is 41.1. The number of hydrogen-bond donors (Lipinski definition) is 0. The first-order valence-corrected chi connectivity index (χ1v) is 6.09. The van der Waals surface area contributed by atoms with Gasteiger partial charge in [0.15, 0.2) is 9.84 Å². The molecule has 0 spiro atoms. The van der Waals surface area contributed by atoms with E-state index in [1.807, 2.05) is 6.92 Å². The highest BCUT2D eigenvalue weighted by atomic mass is 32.2. The lowest BCUT2D eigenvalue weighted by molar-refractivity contribution is 0.115. The van der Waals surface area contributed by atoms with Crippen LogP contribution in [0.3, 0.4) is 0 Å². The van der Waals surface area contributed by atoms with Crippen LogP contribution in [0.15, 0.2) is 0 Å². The molecule has 1 rings (SSSR count). The summed E-state index contributed by atoms with van der Waals surface area (Å²) in [6.07, 6.45) is 1.20. The average molecular weight is 194 g/mol. The summed E-state index contributed by atoms with van der Waals surface area (Å²) < 4.78 is 35.8. The summed E-state index contributed by atoms with van der Waals surface area (Å²) in [6, 6.07) is 0. The van der Waals surface area contributed by atoms with Crippen molar-refractivity contribution in [3.63, 3.8) is 0 Å². The van der Waals surface area contributed by atoms with E-state index >= 15 is 0 Å². The quantitative estimate of drug-likeness (QED) is 0.635. The van der Waals surface area contributed by atoms with Gasteiger partial charge in [-0.05, 0) is 19.3 Å². The Labute approximate surface area is 73.1 Å². The van der Waals surface area contributed by atoms with Gasteiger partial charge in [0.2, 0.25) is 0 Å². The zero-order valence-electron chi connectivity index (χ0n) is 7.51. The second kappa shape index (κ2) is 2.98. The monoisotopic (exact) mass is 194 g/mol. The van der Waals surface area contributed by atoms with Crippen LogP contribution in [0.1, 0.15) is 26.7 Å². The third kappa shape index (κ3) is 1.97. The van der Waals surface area contributed by atoms with Crippen LogP contribution in [0.4, 0.5) is 4.39 Å². The van der Waals surface area contributed by atoms with Crippen LogP contribution in [0, 0.1) is 5.92 Å². The van der Waals surface area contributed by atoms with Gasteiger partial charge in [-0.15, -0.1) is 0 Å². The molecule has 4 heteroatoms. The van der Waals surface area contributed by atoms with Crippen molar-refractivity contribution in [3.8, 4) is 0 Å². The predicted octanol–water partition coefficient (Wildman–Crippen LogP) is 1.56. The van der Waals surface area contributed by atoms with Crippen molar-refractivity contribution in [2.24, 2.45) is 5.92 Å². The minimum absolute atomic E-state index is 0.0824. The first-order valence-electron chi connectivity index (χ1n) is 4.27. The van der Waals surface area contributed by atoms with Crippen molar-refractivity contribution in [1.82, 2.24) is 0 Å². The van der Waals surface area contributed by atoms with Crippen molar-refractivity contribution in [2.45, 2.75) is 32.4 Å². The van der Waals surface area contributed by atoms with Gasteiger partial charge in [-0.1, -0.05) is 13.3 Å². The number of sulfone groups is 1. The Morgan fingerprint density at radius 1 is 1.58 bits per heavy atom. The molecule has 0 saturated carbocycles. The van der Waals surface area contributed by atoms with Crippen LogP contribution in [0.5, 0.6) is 0 Å². The number of hydrogen-bond acceptors (Lipinski definition) is 2. The highest BCUT2D eigenvalue weighted by Crippen LogP contribution is 2.34. The number of halogens is 1. The van der Waals surface area contributed by atoms with Crippen molar-refractivity contribution < 1.29 is 12.8 Å². The maximum Gasteiger partial charge on any atom is 0.153 e. The van der Waals surface area contributed by atoms with E-state index in [2.05, 4.69) is 0 Å². The summed E-state index contributed by atoms with van der Waals surface area (Å²) in [5.74, 6) is -0.218. The molecule has 0 N–H and O–H groups in total. The van der Waals surface area contributed by atoms with E-state index in [-0.39, 0.29) is 17.4 Å². The first-order chi connectivity index (χ1) is 5.37. The molecular formula is C8H15FO2S. The van der Waals surface area contributed by atoms with Gasteiger partial charge in [-0.3, -0.25) is 0 Å². The maximum atomic E-state index is 13.7. The molecule has 0 aromatic heterocycles. The molecule has 0 radical (unpaired) electrons. The Bertz CT molecular complexity index is 256. The summed E-state index contributed by atoms with van der Waals surface area (Å²) >= 11 is 0. The van der Waals surface area contributed by atoms with E-state index in [4.69, 9.17) is 0 Å². The standard InChI is InChI=1S/C8H15FO2S/c1-3-7-4-5-12(10,11)6-8(7,2)9/h7H,3-6H2,1-2H3. The van der Waals surface area contributed by atoms with E-state index in [1.54, 1.807) is 0 Å².